The van der Waals surface area contributed by atoms with Crippen molar-refractivity contribution in [1.29, 1.82) is 0 Å². The highest BCUT2D eigenvalue weighted by Crippen LogP contribution is 2.25. The molecule has 1 heterocycles. The van der Waals surface area contributed by atoms with Gasteiger partial charge in [-0.3, -0.25) is 14.9 Å². The Labute approximate surface area is 154 Å². The standard InChI is InChI=1S/C14H22N4O5S2/c1-5-23-10(19)7-24-14-18-17-12(25-14)16-11(20)9(6-8(2)3)15-13(21)22-4/h8-9H,5-7H2,1-4H3,(H,15,21)(H,16,17,20). The zero-order valence-corrected chi connectivity index (χ0v) is 16.2. The predicted molar refractivity (Wildman–Crippen MR) is 94.7 cm³/mol. The Kier molecular flexibility index (Phi) is 9.21. The second-order valence-electron chi connectivity index (χ2n) is 5.27. The number of carbonyl (C=O) groups excluding carboxylic acids is 3. The van der Waals surface area contributed by atoms with Crippen LogP contribution in [0.15, 0.2) is 4.34 Å². The van der Waals surface area contributed by atoms with Crippen molar-refractivity contribution in [3.05, 3.63) is 0 Å². The molecule has 0 aliphatic carbocycles. The van der Waals surface area contributed by atoms with Crippen molar-refractivity contribution in [2.75, 3.05) is 24.8 Å². The van der Waals surface area contributed by atoms with Crippen LogP contribution >= 0.6 is 23.1 Å². The third kappa shape index (κ3) is 8.16. The van der Waals surface area contributed by atoms with E-state index in [1.54, 1.807) is 6.92 Å². The van der Waals surface area contributed by atoms with Crippen LogP contribution in [-0.4, -0.2) is 53.7 Å². The largest absolute Gasteiger partial charge is 0.465 e. The van der Waals surface area contributed by atoms with Gasteiger partial charge in [0.25, 0.3) is 0 Å². The molecule has 0 saturated carbocycles. The molecular formula is C14H22N4O5S2. The number of hydrogen-bond acceptors (Lipinski definition) is 9. The fourth-order valence-electron chi connectivity index (χ4n) is 1.74. The molecule has 0 bridgehead atoms. The number of thioether (sulfide) groups is 1. The van der Waals surface area contributed by atoms with E-state index in [0.29, 0.717) is 17.4 Å². The van der Waals surface area contributed by atoms with Crippen molar-refractivity contribution < 1.29 is 23.9 Å². The van der Waals surface area contributed by atoms with Crippen molar-refractivity contribution in [1.82, 2.24) is 15.5 Å². The summed E-state index contributed by atoms with van der Waals surface area (Å²) in [6, 6.07) is -0.744. The number of nitrogens with one attached hydrogen (secondary N) is 2. The molecule has 1 atom stereocenters. The highest BCUT2D eigenvalue weighted by molar-refractivity contribution is 8.01. The van der Waals surface area contributed by atoms with Crippen LogP contribution in [0, 0.1) is 5.92 Å². The van der Waals surface area contributed by atoms with Gasteiger partial charge in [0.1, 0.15) is 6.04 Å². The van der Waals surface area contributed by atoms with E-state index in [1.807, 2.05) is 13.8 Å². The summed E-state index contributed by atoms with van der Waals surface area (Å²) < 4.78 is 9.90. The normalized spacial score (nSPS) is 11.7. The molecule has 2 N–H and O–H groups in total. The fourth-order valence-corrected chi connectivity index (χ4v) is 3.29. The molecule has 1 unspecified atom stereocenters. The number of rotatable bonds is 9. The molecule has 1 aromatic heterocycles. The Balaban J connectivity index is 2.61. The average Bonchev–Trinajstić information content (AvgIpc) is 2.99. The van der Waals surface area contributed by atoms with Gasteiger partial charge in [-0.1, -0.05) is 36.9 Å². The third-order valence-electron chi connectivity index (χ3n) is 2.76. The number of carbonyl (C=O) groups is 3. The molecule has 1 rings (SSSR count). The number of anilines is 1. The number of methoxy groups -OCH3 is 1. The van der Waals surface area contributed by atoms with Gasteiger partial charge in [-0.25, -0.2) is 4.79 Å². The smallest absolute Gasteiger partial charge is 0.407 e. The van der Waals surface area contributed by atoms with Crippen LogP contribution in [0.25, 0.3) is 0 Å². The molecule has 0 aliphatic rings. The summed E-state index contributed by atoms with van der Waals surface area (Å²) in [5.74, 6) is -0.432. The number of hydrogen-bond donors (Lipinski definition) is 2. The van der Waals surface area contributed by atoms with E-state index < -0.39 is 18.0 Å². The maximum Gasteiger partial charge on any atom is 0.407 e. The summed E-state index contributed by atoms with van der Waals surface area (Å²) >= 11 is 2.32. The first-order valence-electron chi connectivity index (χ1n) is 7.63. The van der Waals surface area contributed by atoms with Crippen LogP contribution in [0.1, 0.15) is 27.2 Å². The first kappa shape index (κ1) is 21.2. The average molecular weight is 390 g/mol. The summed E-state index contributed by atoms with van der Waals surface area (Å²) in [7, 11) is 1.23. The molecule has 0 saturated heterocycles. The van der Waals surface area contributed by atoms with Crippen molar-refractivity contribution >= 4 is 46.2 Å². The maximum absolute atomic E-state index is 12.3. The quantitative estimate of drug-likeness (QED) is 0.373. The summed E-state index contributed by atoms with van der Waals surface area (Å²) in [6.45, 7) is 5.93. The van der Waals surface area contributed by atoms with Crippen LogP contribution in [-0.2, 0) is 19.1 Å². The molecule has 25 heavy (non-hydrogen) atoms. The molecule has 2 amide bonds. The highest BCUT2D eigenvalue weighted by Gasteiger charge is 2.23. The van der Waals surface area contributed by atoms with Gasteiger partial charge in [0.05, 0.1) is 19.5 Å². The van der Waals surface area contributed by atoms with Gasteiger partial charge in [-0.05, 0) is 19.3 Å². The molecule has 0 aromatic carbocycles. The summed E-state index contributed by atoms with van der Waals surface area (Å²) in [5, 5.41) is 13.2. The molecule has 0 aliphatic heterocycles. The number of nitrogens with zero attached hydrogens (tertiary/aromatic N) is 2. The van der Waals surface area contributed by atoms with Gasteiger partial charge in [0.2, 0.25) is 11.0 Å². The van der Waals surface area contributed by atoms with Gasteiger partial charge in [0, 0.05) is 0 Å². The lowest BCUT2D eigenvalue weighted by Gasteiger charge is -2.18. The van der Waals surface area contributed by atoms with Gasteiger partial charge in [0.15, 0.2) is 4.34 Å². The number of amides is 2. The number of esters is 1. The monoisotopic (exact) mass is 390 g/mol. The molecule has 0 radical (unpaired) electrons. The first-order valence-corrected chi connectivity index (χ1v) is 9.43. The lowest BCUT2D eigenvalue weighted by Crippen LogP contribution is -2.44. The highest BCUT2D eigenvalue weighted by atomic mass is 32.2. The van der Waals surface area contributed by atoms with Crippen molar-refractivity contribution in [3.8, 4) is 0 Å². The van der Waals surface area contributed by atoms with E-state index in [0.717, 1.165) is 11.3 Å². The number of aromatic nitrogens is 2. The van der Waals surface area contributed by atoms with Crippen LogP contribution in [0.5, 0.6) is 0 Å². The Bertz CT molecular complexity index is 594. The van der Waals surface area contributed by atoms with Crippen LogP contribution in [0.4, 0.5) is 9.93 Å². The summed E-state index contributed by atoms with van der Waals surface area (Å²) in [4.78, 5) is 35.0. The van der Waals surface area contributed by atoms with E-state index in [-0.39, 0.29) is 22.8 Å². The molecule has 9 nitrogen and oxygen atoms in total. The lowest BCUT2D eigenvalue weighted by atomic mass is 10.0. The Hall–Kier alpha value is -1.88. The SMILES string of the molecule is CCOC(=O)CSc1nnc(NC(=O)C(CC(C)C)NC(=O)OC)s1. The van der Waals surface area contributed by atoms with Gasteiger partial charge in [-0.2, -0.15) is 0 Å². The van der Waals surface area contributed by atoms with Crippen LogP contribution < -0.4 is 10.6 Å². The van der Waals surface area contributed by atoms with E-state index in [4.69, 9.17) is 4.74 Å². The predicted octanol–water partition coefficient (Wildman–Crippen LogP) is 1.90. The molecule has 0 spiro atoms. The van der Waals surface area contributed by atoms with Crippen LogP contribution in [0.3, 0.4) is 0 Å². The van der Waals surface area contributed by atoms with E-state index in [9.17, 15) is 14.4 Å². The first-order chi connectivity index (χ1) is 11.8. The minimum atomic E-state index is -0.744. The molecular weight excluding hydrogens is 368 g/mol. The molecule has 140 valence electrons. The molecule has 11 heteroatoms. The minimum absolute atomic E-state index is 0.121. The second kappa shape index (κ2) is 10.9. The summed E-state index contributed by atoms with van der Waals surface area (Å²) in [5.41, 5.74) is 0. The fraction of sp³-hybridized carbons (Fsp3) is 0.643. The Morgan fingerprint density at radius 3 is 2.60 bits per heavy atom. The topological polar surface area (TPSA) is 120 Å². The van der Waals surface area contributed by atoms with Crippen molar-refractivity contribution in [2.45, 2.75) is 37.6 Å². The maximum atomic E-state index is 12.3. The molecule has 1 aromatic rings. The second-order valence-corrected chi connectivity index (χ2v) is 7.47. The van der Waals surface area contributed by atoms with Gasteiger partial charge in [-0.15, -0.1) is 10.2 Å². The zero-order chi connectivity index (χ0) is 18.8. The minimum Gasteiger partial charge on any atom is -0.465 e. The lowest BCUT2D eigenvalue weighted by molar-refractivity contribution is -0.139. The van der Waals surface area contributed by atoms with Crippen molar-refractivity contribution in [3.63, 3.8) is 0 Å². The van der Waals surface area contributed by atoms with Gasteiger partial charge < -0.3 is 14.8 Å². The number of alkyl carbamates (subject to hydrolysis) is 1. The Morgan fingerprint density at radius 1 is 1.28 bits per heavy atom. The van der Waals surface area contributed by atoms with E-state index in [1.165, 1.54) is 18.9 Å². The summed E-state index contributed by atoms with van der Waals surface area (Å²) in [6.07, 6.45) is -0.228. The van der Waals surface area contributed by atoms with E-state index >= 15 is 0 Å². The van der Waals surface area contributed by atoms with E-state index in [2.05, 4.69) is 25.6 Å². The number of ether oxygens (including phenoxy) is 2. The van der Waals surface area contributed by atoms with Gasteiger partial charge >= 0.3 is 12.1 Å². The van der Waals surface area contributed by atoms with Crippen LogP contribution in [0.2, 0.25) is 0 Å². The molecule has 0 fully saturated rings. The zero-order valence-electron chi connectivity index (χ0n) is 14.5. The third-order valence-corrected chi connectivity index (χ3v) is 4.70. The Morgan fingerprint density at radius 2 is 2.00 bits per heavy atom. The van der Waals surface area contributed by atoms with Crippen molar-refractivity contribution in [2.24, 2.45) is 5.92 Å².